The van der Waals surface area contributed by atoms with Crippen molar-refractivity contribution in [3.05, 3.63) is 35.9 Å². The van der Waals surface area contributed by atoms with Gasteiger partial charge in [-0.25, -0.2) is 0 Å². The van der Waals surface area contributed by atoms with Gasteiger partial charge in [-0.1, -0.05) is 30.3 Å². The quantitative estimate of drug-likeness (QED) is 0.913. The second kappa shape index (κ2) is 5.82. The molecule has 2 fully saturated rings. The summed E-state index contributed by atoms with van der Waals surface area (Å²) in [6, 6.07) is 10.1. The van der Waals surface area contributed by atoms with Gasteiger partial charge in [-0.05, 0) is 19.8 Å². The zero-order valence-corrected chi connectivity index (χ0v) is 12.0. The van der Waals surface area contributed by atoms with E-state index < -0.39 is 5.79 Å². The molecule has 2 atom stereocenters. The number of hydrogen-bond donors (Lipinski definition) is 1. The van der Waals surface area contributed by atoms with E-state index in [1.165, 1.54) is 0 Å². The van der Waals surface area contributed by atoms with Crippen LogP contribution in [-0.4, -0.2) is 48.5 Å². The lowest BCUT2D eigenvalue weighted by Crippen LogP contribution is -2.41. The Morgan fingerprint density at radius 3 is 2.65 bits per heavy atom. The maximum atomic E-state index is 9.54. The number of hydrogen-bond acceptors (Lipinski definition) is 4. The van der Waals surface area contributed by atoms with Crippen molar-refractivity contribution in [2.75, 3.05) is 26.2 Å². The highest BCUT2D eigenvalue weighted by molar-refractivity contribution is 5.20. The molecule has 4 heteroatoms. The molecule has 1 aromatic rings. The number of aliphatic hydroxyl groups is 1. The van der Waals surface area contributed by atoms with Gasteiger partial charge in [-0.3, -0.25) is 0 Å². The van der Waals surface area contributed by atoms with E-state index in [0.29, 0.717) is 6.61 Å². The van der Waals surface area contributed by atoms with Gasteiger partial charge in [0.25, 0.3) is 0 Å². The molecule has 0 bridgehead atoms. The lowest BCUT2D eigenvalue weighted by molar-refractivity contribution is -0.164. The Morgan fingerprint density at radius 1 is 1.25 bits per heavy atom. The van der Waals surface area contributed by atoms with Gasteiger partial charge in [0.1, 0.15) is 0 Å². The first-order valence-corrected chi connectivity index (χ1v) is 7.43. The number of rotatable bonds is 3. The van der Waals surface area contributed by atoms with Crippen LogP contribution < -0.4 is 0 Å². The third-order valence-electron chi connectivity index (χ3n) is 4.25. The number of benzene rings is 1. The molecule has 4 nitrogen and oxygen atoms in total. The molecule has 0 radical (unpaired) electrons. The zero-order chi connectivity index (χ0) is 14.0. The van der Waals surface area contributed by atoms with Gasteiger partial charge in [0.2, 0.25) is 0 Å². The van der Waals surface area contributed by atoms with Gasteiger partial charge in [-0.15, -0.1) is 0 Å². The number of piperidine rings is 1. The van der Waals surface area contributed by atoms with E-state index in [9.17, 15) is 5.11 Å². The Morgan fingerprint density at radius 2 is 1.95 bits per heavy atom. The van der Waals surface area contributed by atoms with Crippen LogP contribution in [0.25, 0.3) is 0 Å². The lowest BCUT2D eigenvalue weighted by atomic mass is 10.1. The maximum absolute atomic E-state index is 9.54. The molecule has 1 N–H and O–H groups in total. The molecule has 2 aliphatic rings. The normalized spacial score (nSPS) is 32.6. The van der Waals surface area contributed by atoms with Crippen molar-refractivity contribution in [2.45, 2.75) is 37.8 Å². The highest BCUT2D eigenvalue weighted by atomic mass is 16.7. The molecular formula is C16H23NO3. The zero-order valence-electron chi connectivity index (χ0n) is 12.0. The molecule has 1 aromatic carbocycles. The molecule has 2 unspecified atom stereocenters. The molecule has 0 amide bonds. The minimum absolute atomic E-state index is 0.107. The smallest absolute Gasteiger partial charge is 0.192 e. The van der Waals surface area contributed by atoms with E-state index in [1.54, 1.807) is 0 Å². The molecule has 0 spiro atoms. The first-order valence-electron chi connectivity index (χ1n) is 7.43. The van der Waals surface area contributed by atoms with E-state index in [0.717, 1.165) is 38.0 Å². The van der Waals surface area contributed by atoms with Gasteiger partial charge in [0.05, 0.1) is 18.8 Å². The Hall–Kier alpha value is -0.940. The van der Waals surface area contributed by atoms with Crippen LogP contribution in [0.2, 0.25) is 0 Å². The van der Waals surface area contributed by atoms with Crippen LogP contribution >= 0.6 is 0 Å². The minimum atomic E-state index is -0.624. The summed E-state index contributed by atoms with van der Waals surface area (Å²) in [5, 5.41) is 9.54. The number of aliphatic hydroxyl groups excluding tert-OH is 1. The standard InChI is InChI=1S/C16H23NO3/c1-16(13-5-3-2-4-6-13)19-12-15(20-16)11-17-9-7-14(18)8-10-17/h2-6,14-15,18H,7-12H2,1H3. The molecular weight excluding hydrogens is 254 g/mol. The number of likely N-dealkylation sites (tertiary alicyclic amines) is 1. The van der Waals surface area contributed by atoms with Gasteiger partial charge in [0, 0.05) is 25.2 Å². The summed E-state index contributed by atoms with van der Waals surface area (Å²) in [4.78, 5) is 2.36. The lowest BCUT2D eigenvalue weighted by Gasteiger charge is -2.31. The molecule has 20 heavy (non-hydrogen) atoms. The molecule has 0 saturated carbocycles. The van der Waals surface area contributed by atoms with Crippen molar-refractivity contribution in [2.24, 2.45) is 0 Å². The Bertz CT molecular complexity index is 431. The van der Waals surface area contributed by atoms with E-state index >= 15 is 0 Å². The Kier molecular flexibility index (Phi) is 4.08. The second-order valence-corrected chi connectivity index (χ2v) is 5.89. The summed E-state index contributed by atoms with van der Waals surface area (Å²) in [5.74, 6) is -0.624. The fourth-order valence-electron chi connectivity index (χ4n) is 3.01. The third-order valence-corrected chi connectivity index (χ3v) is 4.25. The molecule has 0 aromatic heterocycles. The summed E-state index contributed by atoms with van der Waals surface area (Å²) in [6.07, 6.45) is 1.71. The molecule has 2 saturated heterocycles. The summed E-state index contributed by atoms with van der Waals surface area (Å²) in [6.45, 7) is 5.40. The van der Waals surface area contributed by atoms with Crippen molar-refractivity contribution in [3.63, 3.8) is 0 Å². The fourth-order valence-corrected chi connectivity index (χ4v) is 3.01. The van der Waals surface area contributed by atoms with Crippen LogP contribution in [-0.2, 0) is 15.3 Å². The van der Waals surface area contributed by atoms with E-state index in [4.69, 9.17) is 9.47 Å². The van der Waals surface area contributed by atoms with Crippen LogP contribution in [0.4, 0.5) is 0 Å². The summed E-state index contributed by atoms with van der Waals surface area (Å²) < 4.78 is 12.0. The highest BCUT2D eigenvalue weighted by Crippen LogP contribution is 2.34. The van der Waals surface area contributed by atoms with Gasteiger partial charge >= 0.3 is 0 Å². The van der Waals surface area contributed by atoms with Crippen LogP contribution in [0, 0.1) is 0 Å². The average Bonchev–Trinajstić information content (AvgIpc) is 2.85. The van der Waals surface area contributed by atoms with E-state index in [-0.39, 0.29) is 12.2 Å². The van der Waals surface area contributed by atoms with Crippen molar-refractivity contribution < 1.29 is 14.6 Å². The Balaban J connectivity index is 1.57. The van der Waals surface area contributed by atoms with Crippen molar-refractivity contribution in [3.8, 4) is 0 Å². The van der Waals surface area contributed by atoms with Gasteiger partial charge in [-0.2, -0.15) is 0 Å². The van der Waals surface area contributed by atoms with Crippen LogP contribution in [0.3, 0.4) is 0 Å². The average molecular weight is 277 g/mol. The monoisotopic (exact) mass is 277 g/mol. The van der Waals surface area contributed by atoms with Crippen molar-refractivity contribution in [1.29, 1.82) is 0 Å². The number of ether oxygens (including phenoxy) is 2. The molecule has 110 valence electrons. The van der Waals surface area contributed by atoms with Crippen LogP contribution in [0.15, 0.2) is 30.3 Å². The molecule has 2 aliphatic heterocycles. The van der Waals surface area contributed by atoms with Crippen molar-refractivity contribution >= 4 is 0 Å². The first-order chi connectivity index (χ1) is 9.66. The largest absolute Gasteiger partial charge is 0.393 e. The summed E-state index contributed by atoms with van der Waals surface area (Å²) in [7, 11) is 0. The van der Waals surface area contributed by atoms with Crippen LogP contribution in [0.5, 0.6) is 0 Å². The summed E-state index contributed by atoms with van der Waals surface area (Å²) in [5.41, 5.74) is 1.07. The highest BCUT2D eigenvalue weighted by Gasteiger charge is 2.39. The first kappa shape index (κ1) is 14.0. The summed E-state index contributed by atoms with van der Waals surface area (Å²) >= 11 is 0. The van der Waals surface area contributed by atoms with Gasteiger partial charge < -0.3 is 19.5 Å². The second-order valence-electron chi connectivity index (χ2n) is 5.89. The van der Waals surface area contributed by atoms with E-state index in [2.05, 4.69) is 4.90 Å². The predicted octanol–water partition coefficient (Wildman–Crippen LogP) is 1.73. The number of nitrogens with zero attached hydrogens (tertiary/aromatic N) is 1. The third kappa shape index (κ3) is 3.04. The molecule has 2 heterocycles. The van der Waals surface area contributed by atoms with Gasteiger partial charge in [0.15, 0.2) is 5.79 Å². The minimum Gasteiger partial charge on any atom is -0.393 e. The molecule has 0 aliphatic carbocycles. The van der Waals surface area contributed by atoms with Crippen LogP contribution in [0.1, 0.15) is 25.3 Å². The SMILES string of the molecule is CC1(c2ccccc2)OCC(CN2CCC(O)CC2)O1. The van der Waals surface area contributed by atoms with E-state index in [1.807, 2.05) is 37.3 Å². The molecule has 3 rings (SSSR count). The predicted molar refractivity (Wildman–Crippen MR) is 76.3 cm³/mol. The maximum Gasteiger partial charge on any atom is 0.192 e. The van der Waals surface area contributed by atoms with Crippen molar-refractivity contribution in [1.82, 2.24) is 4.90 Å². The topological polar surface area (TPSA) is 41.9 Å². The Labute approximate surface area is 120 Å². The fraction of sp³-hybridized carbons (Fsp3) is 0.625.